The third kappa shape index (κ3) is 2.83. The third-order valence-corrected chi connectivity index (χ3v) is 2.75. The normalized spacial score (nSPS) is 22.8. The fraction of sp³-hybridized carbons (Fsp3) is 0.583. The molecule has 1 aliphatic rings. The molecule has 98 valence electrons. The molecule has 2 heterocycles. The molecule has 18 heavy (non-hydrogen) atoms. The van der Waals surface area contributed by atoms with Crippen molar-refractivity contribution in [2.75, 3.05) is 19.7 Å². The SMILES string of the molecule is CC1(C)CN(C(=O)c2cnccn2)CC(CO)O1. The van der Waals surface area contributed by atoms with E-state index in [-0.39, 0.29) is 18.6 Å². The molecule has 1 unspecified atom stereocenters. The third-order valence-electron chi connectivity index (χ3n) is 2.75. The summed E-state index contributed by atoms with van der Waals surface area (Å²) in [4.78, 5) is 21.8. The van der Waals surface area contributed by atoms with E-state index in [1.165, 1.54) is 18.6 Å². The van der Waals surface area contributed by atoms with Gasteiger partial charge in [0.2, 0.25) is 0 Å². The van der Waals surface area contributed by atoms with Gasteiger partial charge in [0.1, 0.15) is 5.69 Å². The van der Waals surface area contributed by atoms with Gasteiger partial charge in [-0.15, -0.1) is 0 Å². The largest absolute Gasteiger partial charge is 0.394 e. The van der Waals surface area contributed by atoms with E-state index in [9.17, 15) is 9.90 Å². The van der Waals surface area contributed by atoms with Crippen molar-refractivity contribution in [1.29, 1.82) is 0 Å². The maximum Gasteiger partial charge on any atom is 0.274 e. The number of hydrogen-bond acceptors (Lipinski definition) is 5. The van der Waals surface area contributed by atoms with E-state index in [0.717, 1.165) is 0 Å². The first kappa shape index (κ1) is 12.9. The van der Waals surface area contributed by atoms with E-state index < -0.39 is 5.60 Å². The molecule has 0 aliphatic carbocycles. The van der Waals surface area contributed by atoms with Gasteiger partial charge >= 0.3 is 0 Å². The first-order chi connectivity index (χ1) is 8.52. The number of morpholine rings is 1. The van der Waals surface area contributed by atoms with Crippen molar-refractivity contribution in [3.8, 4) is 0 Å². The lowest BCUT2D eigenvalue weighted by Gasteiger charge is -2.42. The van der Waals surface area contributed by atoms with Gasteiger partial charge in [0, 0.05) is 25.5 Å². The van der Waals surface area contributed by atoms with Crippen molar-refractivity contribution in [2.45, 2.75) is 25.6 Å². The molecular formula is C12H17N3O3. The minimum Gasteiger partial charge on any atom is -0.394 e. The number of amides is 1. The number of ether oxygens (including phenoxy) is 1. The predicted octanol–water partition coefficient (Wildman–Crippen LogP) is 0.0885. The summed E-state index contributed by atoms with van der Waals surface area (Å²) in [5.74, 6) is -0.182. The molecule has 6 nitrogen and oxygen atoms in total. The van der Waals surface area contributed by atoms with E-state index in [2.05, 4.69) is 9.97 Å². The highest BCUT2D eigenvalue weighted by Gasteiger charge is 2.35. The number of aromatic nitrogens is 2. The molecule has 0 spiro atoms. The zero-order chi connectivity index (χ0) is 13.2. The maximum absolute atomic E-state index is 12.2. The van der Waals surface area contributed by atoms with Gasteiger partial charge < -0.3 is 14.7 Å². The fourth-order valence-electron chi connectivity index (χ4n) is 2.12. The molecule has 0 bridgehead atoms. The van der Waals surface area contributed by atoms with Crippen LogP contribution in [0.4, 0.5) is 0 Å². The molecule has 1 aromatic heterocycles. The summed E-state index contributed by atoms with van der Waals surface area (Å²) in [6.07, 6.45) is 4.10. The van der Waals surface area contributed by atoms with Crippen LogP contribution in [0, 0.1) is 0 Å². The Kier molecular flexibility index (Phi) is 3.58. The standard InChI is InChI=1S/C12H17N3O3/c1-12(2)8-15(6-9(7-16)18-12)11(17)10-5-13-3-4-14-10/h3-5,9,16H,6-8H2,1-2H3. The Hall–Kier alpha value is -1.53. The van der Waals surface area contributed by atoms with Crippen molar-refractivity contribution < 1.29 is 14.6 Å². The second-order valence-corrected chi connectivity index (χ2v) is 4.96. The molecule has 1 atom stereocenters. The van der Waals surface area contributed by atoms with E-state index in [1.807, 2.05) is 13.8 Å². The van der Waals surface area contributed by atoms with Crippen LogP contribution in [0.15, 0.2) is 18.6 Å². The number of hydrogen-bond donors (Lipinski definition) is 1. The Morgan fingerprint density at radius 2 is 2.39 bits per heavy atom. The van der Waals surface area contributed by atoms with Crippen molar-refractivity contribution in [3.05, 3.63) is 24.3 Å². The van der Waals surface area contributed by atoms with Gasteiger partial charge in [-0.05, 0) is 13.8 Å². The molecular weight excluding hydrogens is 234 g/mol. The van der Waals surface area contributed by atoms with E-state index in [4.69, 9.17) is 4.74 Å². The summed E-state index contributed by atoms with van der Waals surface area (Å²) in [6.45, 7) is 4.53. The van der Waals surface area contributed by atoms with Crippen LogP contribution < -0.4 is 0 Å². The van der Waals surface area contributed by atoms with Gasteiger partial charge in [-0.25, -0.2) is 4.98 Å². The second-order valence-electron chi connectivity index (χ2n) is 4.96. The first-order valence-corrected chi connectivity index (χ1v) is 5.86. The number of aliphatic hydroxyl groups is 1. The molecule has 1 aromatic rings. The van der Waals surface area contributed by atoms with Crippen LogP contribution in [-0.4, -0.2) is 57.3 Å². The van der Waals surface area contributed by atoms with Crippen LogP contribution in [0.5, 0.6) is 0 Å². The van der Waals surface area contributed by atoms with Gasteiger partial charge in [-0.2, -0.15) is 0 Å². The minimum atomic E-state index is -0.469. The molecule has 2 rings (SSSR count). The minimum absolute atomic E-state index is 0.103. The number of aliphatic hydroxyl groups excluding tert-OH is 1. The van der Waals surface area contributed by atoms with Crippen LogP contribution in [0.1, 0.15) is 24.3 Å². The van der Waals surface area contributed by atoms with Gasteiger partial charge in [-0.3, -0.25) is 9.78 Å². The van der Waals surface area contributed by atoms with Crippen LogP contribution in [0.25, 0.3) is 0 Å². The average Bonchev–Trinajstić information content (AvgIpc) is 2.37. The molecule has 6 heteroatoms. The van der Waals surface area contributed by atoms with E-state index in [1.54, 1.807) is 4.90 Å². The van der Waals surface area contributed by atoms with Gasteiger partial charge in [0.25, 0.3) is 5.91 Å². The van der Waals surface area contributed by atoms with Crippen molar-refractivity contribution in [3.63, 3.8) is 0 Å². The van der Waals surface area contributed by atoms with E-state index >= 15 is 0 Å². The summed E-state index contributed by atoms with van der Waals surface area (Å²) in [5.41, 5.74) is -0.157. The number of rotatable bonds is 2. The Bertz CT molecular complexity index is 422. The summed E-state index contributed by atoms with van der Waals surface area (Å²) in [6, 6.07) is 0. The zero-order valence-corrected chi connectivity index (χ0v) is 10.5. The van der Waals surface area contributed by atoms with Crippen LogP contribution >= 0.6 is 0 Å². The molecule has 0 saturated carbocycles. The predicted molar refractivity (Wildman–Crippen MR) is 64.0 cm³/mol. The molecule has 0 radical (unpaired) electrons. The first-order valence-electron chi connectivity index (χ1n) is 5.86. The molecule has 0 aromatic carbocycles. The molecule has 1 fully saturated rings. The Morgan fingerprint density at radius 1 is 1.61 bits per heavy atom. The molecule has 1 N–H and O–H groups in total. The Balaban J connectivity index is 2.15. The monoisotopic (exact) mass is 251 g/mol. The van der Waals surface area contributed by atoms with Crippen molar-refractivity contribution in [1.82, 2.24) is 14.9 Å². The smallest absolute Gasteiger partial charge is 0.274 e. The lowest BCUT2D eigenvalue weighted by Crippen LogP contribution is -2.55. The fourth-order valence-corrected chi connectivity index (χ4v) is 2.12. The Morgan fingerprint density at radius 3 is 3.00 bits per heavy atom. The quantitative estimate of drug-likeness (QED) is 0.806. The number of carbonyl (C=O) groups excluding carboxylic acids is 1. The maximum atomic E-state index is 12.2. The number of carbonyl (C=O) groups is 1. The molecule has 1 saturated heterocycles. The van der Waals surface area contributed by atoms with Crippen LogP contribution in [0.2, 0.25) is 0 Å². The van der Waals surface area contributed by atoms with Crippen LogP contribution in [0.3, 0.4) is 0 Å². The Labute approximate surface area is 106 Å². The van der Waals surface area contributed by atoms with Crippen molar-refractivity contribution >= 4 is 5.91 Å². The topological polar surface area (TPSA) is 75.6 Å². The highest BCUT2D eigenvalue weighted by molar-refractivity contribution is 5.92. The highest BCUT2D eigenvalue weighted by atomic mass is 16.5. The van der Waals surface area contributed by atoms with Crippen LogP contribution in [-0.2, 0) is 4.74 Å². The van der Waals surface area contributed by atoms with Gasteiger partial charge in [-0.1, -0.05) is 0 Å². The van der Waals surface area contributed by atoms with Gasteiger partial charge in [0.15, 0.2) is 0 Å². The molecule has 1 amide bonds. The highest BCUT2D eigenvalue weighted by Crippen LogP contribution is 2.21. The average molecular weight is 251 g/mol. The molecule has 1 aliphatic heterocycles. The zero-order valence-electron chi connectivity index (χ0n) is 10.5. The number of nitrogens with zero attached hydrogens (tertiary/aromatic N) is 3. The summed E-state index contributed by atoms with van der Waals surface area (Å²) >= 11 is 0. The van der Waals surface area contributed by atoms with E-state index in [0.29, 0.717) is 18.8 Å². The second kappa shape index (κ2) is 4.99. The lowest BCUT2D eigenvalue weighted by atomic mass is 10.0. The summed E-state index contributed by atoms with van der Waals surface area (Å²) in [7, 11) is 0. The van der Waals surface area contributed by atoms with Crippen molar-refractivity contribution in [2.24, 2.45) is 0 Å². The lowest BCUT2D eigenvalue weighted by molar-refractivity contribution is -0.139. The summed E-state index contributed by atoms with van der Waals surface area (Å²) in [5, 5.41) is 9.20. The summed E-state index contributed by atoms with van der Waals surface area (Å²) < 4.78 is 5.66. The van der Waals surface area contributed by atoms with Gasteiger partial charge in [0.05, 0.1) is 24.5 Å².